The molecule has 2 unspecified atom stereocenters. The summed E-state index contributed by atoms with van der Waals surface area (Å²) in [6, 6.07) is -0.119. The molecule has 2 atom stereocenters. The molecule has 1 aliphatic carbocycles. The zero-order valence-corrected chi connectivity index (χ0v) is 12.6. The molecular weight excluding hydrogens is 266 g/mol. The van der Waals surface area contributed by atoms with E-state index < -0.39 is 16.0 Å². The van der Waals surface area contributed by atoms with Crippen LogP contribution in [0, 0.1) is 5.92 Å². The molecule has 1 aliphatic rings. The number of hydrogen-bond acceptors (Lipinski definition) is 3. The highest BCUT2D eigenvalue weighted by Crippen LogP contribution is 2.24. The van der Waals surface area contributed by atoms with E-state index in [0.717, 1.165) is 32.1 Å². The molecule has 0 aromatic heterocycles. The number of hydrogen-bond donors (Lipinski definition) is 2. The van der Waals surface area contributed by atoms with Crippen molar-refractivity contribution in [2.45, 2.75) is 70.1 Å². The van der Waals surface area contributed by atoms with Crippen LogP contribution in [0.5, 0.6) is 0 Å². The molecule has 0 saturated heterocycles. The van der Waals surface area contributed by atoms with Crippen molar-refractivity contribution in [3.8, 4) is 0 Å². The van der Waals surface area contributed by atoms with Crippen LogP contribution in [-0.4, -0.2) is 30.8 Å². The Hall–Kier alpha value is -0.620. The maximum atomic E-state index is 12.0. The van der Waals surface area contributed by atoms with Crippen LogP contribution in [0.1, 0.15) is 58.8 Å². The lowest BCUT2D eigenvalue weighted by atomic mass is 10.0. The van der Waals surface area contributed by atoms with Gasteiger partial charge in [-0.3, -0.25) is 4.79 Å². The topological polar surface area (TPSA) is 83.5 Å². The lowest BCUT2D eigenvalue weighted by molar-refractivity contribution is -0.141. The number of carbonyl (C=O) groups is 1. The Balaban J connectivity index is 2.30. The average Bonchev–Trinajstić information content (AvgIpc) is 2.81. The van der Waals surface area contributed by atoms with Gasteiger partial charge in [-0.15, -0.1) is 0 Å². The SMILES string of the molecule is CC(CCCC(C)C(=O)O)NS(=O)(=O)C1CCCC1. The minimum Gasteiger partial charge on any atom is -0.481 e. The fraction of sp³-hybridized carbons (Fsp3) is 0.923. The molecule has 1 saturated carbocycles. The molecule has 0 aliphatic heterocycles. The van der Waals surface area contributed by atoms with Crippen LogP contribution in [0.25, 0.3) is 0 Å². The Morgan fingerprint density at radius 1 is 1.26 bits per heavy atom. The van der Waals surface area contributed by atoms with Crippen LogP contribution in [0.2, 0.25) is 0 Å². The highest BCUT2D eigenvalue weighted by atomic mass is 32.2. The van der Waals surface area contributed by atoms with E-state index in [-0.39, 0.29) is 17.2 Å². The second-order valence-corrected chi connectivity index (χ2v) is 7.63. The van der Waals surface area contributed by atoms with Gasteiger partial charge in [0.25, 0.3) is 0 Å². The molecular formula is C13H25NO4S. The largest absolute Gasteiger partial charge is 0.481 e. The van der Waals surface area contributed by atoms with Gasteiger partial charge in [-0.25, -0.2) is 13.1 Å². The minimum atomic E-state index is -3.19. The molecule has 0 spiro atoms. The summed E-state index contributed by atoms with van der Waals surface area (Å²) in [7, 11) is -3.19. The summed E-state index contributed by atoms with van der Waals surface area (Å²) < 4.78 is 26.8. The Bertz CT molecular complexity index is 387. The van der Waals surface area contributed by atoms with Crippen LogP contribution < -0.4 is 4.72 Å². The summed E-state index contributed by atoms with van der Waals surface area (Å²) in [6.45, 7) is 3.52. The van der Waals surface area contributed by atoms with Crippen molar-refractivity contribution in [1.82, 2.24) is 4.72 Å². The highest BCUT2D eigenvalue weighted by molar-refractivity contribution is 7.90. The predicted molar refractivity (Wildman–Crippen MR) is 74.4 cm³/mol. The quantitative estimate of drug-likeness (QED) is 0.717. The summed E-state index contributed by atoms with van der Waals surface area (Å²) in [6.07, 6.45) is 5.51. The number of sulfonamides is 1. The molecule has 0 aromatic carbocycles. The molecule has 0 bridgehead atoms. The van der Waals surface area contributed by atoms with Gasteiger partial charge in [-0.05, 0) is 32.6 Å². The van der Waals surface area contributed by atoms with Crippen molar-refractivity contribution in [2.75, 3.05) is 0 Å². The van der Waals surface area contributed by atoms with Gasteiger partial charge < -0.3 is 5.11 Å². The van der Waals surface area contributed by atoms with Crippen LogP contribution in [0.15, 0.2) is 0 Å². The first-order valence-corrected chi connectivity index (χ1v) is 8.61. The van der Waals surface area contributed by atoms with Gasteiger partial charge >= 0.3 is 5.97 Å². The van der Waals surface area contributed by atoms with Crippen molar-refractivity contribution in [3.63, 3.8) is 0 Å². The van der Waals surface area contributed by atoms with Crippen molar-refractivity contribution in [2.24, 2.45) is 5.92 Å². The molecule has 1 fully saturated rings. The Morgan fingerprint density at radius 2 is 1.84 bits per heavy atom. The van der Waals surface area contributed by atoms with E-state index in [9.17, 15) is 13.2 Å². The highest BCUT2D eigenvalue weighted by Gasteiger charge is 2.29. The van der Waals surface area contributed by atoms with E-state index in [1.54, 1.807) is 6.92 Å². The number of carboxylic acids is 1. The second kappa shape index (κ2) is 7.24. The summed E-state index contributed by atoms with van der Waals surface area (Å²) >= 11 is 0. The van der Waals surface area contributed by atoms with E-state index in [4.69, 9.17) is 5.11 Å². The number of nitrogens with one attached hydrogen (secondary N) is 1. The molecule has 1 rings (SSSR count). The summed E-state index contributed by atoms with van der Waals surface area (Å²) in [5, 5.41) is 8.54. The number of rotatable bonds is 8. The van der Waals surface area contributed by atoms with Gasteiger partial charge in [0.1, 0.15) is 0 Å². The first-order chi connectivity index (χ1) is 8.83. The lowest BCUT2D eigenvalue weighted by Crippen LogP contribution is -2.38. The smallest absolute Gasteiger partial charge is 0.306 e. The van der Waals surface area contributed by atoms with E-state index in [0.29, 0.717) is 12.8 Å². The first kappa shape index (κ1) is 16.4. The molecule has 0 radical (unpaired) electrons. The molecule has 0 aromatic rings. The second-order valence-electron chi connectivity index (χ2n) is 5.64. The monoisotopic (exact) mass is 291 g/mol. The van der Waals surface area contributed by atoms with Crippen molar-refractivity contribution in [3.05, 3.63) is 0 Å². The van der Waals surface area contributed by atoms with Gasteiger partial charge in [-0.1, -0.05) is 26.2 Å². The molecule has 19 heavy (non-hydrogen) atoms. The Morgan fingerprint density at radius 3 is 2.37 bits per heavy atom. The van der Waals surface area contributed by atoms with Crippen molar-refractivity contribution >= 4 is 16.0 Å². The van der Waals surface area contributed by atoms with Crippen LogP contribution in [0.3, 0.4) is 0 Å². The third-order valence-electron chi connectivity index (χ3n) is 3.80. The number of carboxylic acid groups (broad SMARTS) is 1. The van der Waals surface area contributed by atoms with E-state index in [1.807, 2.05) is 6.92 Å². The normalized spacial score (nSPS) is 20.3. The zero-order valence-electron chi connectivity index (χ0n) is 11.8. The van der Waals surface area contributed by atoms with Crippen molar-refractivity contribution in [1.29, 1.82) is 0 Å². The lowest BCUT2D eigenvalue weighted by Gasteiger charge is -2.18. The maximum absolute atomic E-state index is 12.0. The van der Waals surface area contributed by atoms with Gasteiger partial charge in [0, 0.05) is 6.04 Å². The predicted octanol–water partition coefficient (Wildman–Crippen LogP) is 2.13. The molecule has 2 N–H and O–H groups in total. The zero-order chi connectivity index (χ0) is 14.5. The average molecular weight is 291 g/mol. The third-order valence-corrected chi connectivity index (χ3v) is 5.88. The Kier molecular flexibility index (Phi) is 6.26. The van der Waals surface area contributed by atoms with Gasteiger partial charge in [0.15, 0.2) is 0 Å². The molecule has 112 valence electrons. The van der Waals surface area contributed by atoms with E-state index in [2.05, 4.69) is 4.72 Å². The van der Waals surface area contributed by atoms with Crippen LogP contribution >= 0.6 is 0 Å². The van der Waals surface area contributed by atoms with E-state index >= 15 is 0 Å². The van der Waals surface area contributed by atoms with E-state index in [1.165, 1.54) is 0 Å². The standard InChI is InChI=1S/C13H25NO4S/c1-10(13(15)16)6-5-7-11(2)14-19(17,18)12-8-3-4-9-12/h10-12,14H,3-9H2,1-2H3,(H,15,16). The Labute approximate surface area is 115 Å². The van der Waals surface area contributed by atoms with Crippen molar-refractivity contribution < 1.29 is 18.3 Å². The number of aliphatic carboxylic acids is 1. The van der Waals surface area contributed by atoms with Gasteiger partial charge in [-0.2, -0.15) is 0 Å². The van der Waals surface area contributed by atoms with Gasteiger partial charge in [0.2, 0.25) is 10.0 Å². The first-order valence-electron chi connectivity index (χ1n) is 7.07. The van der Waals surface area contributed by atoms with Gasteiger partial charge in [0.05, 0.1) is 11.2 Å². The summed E-state index contributed by atoms with van der Waals surface area (Å²) in [5.41, 5.74) is 0. The fourth-order valence-electron chi connectivity index (χ4n) is 2.49. The molecule has 0 heterocycles. The third kappa shape index (κ3) is 5.48. The maximum Gasteiger partial charge on any atom is 0.306 e. The summed E-state index contributed by atoms with van der Waals surface area (Å²) in [4.78, 5) is 10.7. The van der Waals surface area contributed by atoms with Crippen LogP contribution in [0.4, 0.5) is 0 Å². The summed E-state index contributed by atoms with van der Waals surface area (Å²) in [5.74, 6) is -1.15. The van der Waals surface area contributed by atoms with Crippen LogP contribution in [-0.2, 0) is 14.8 Å². The molecule has 0 amide bonds. The fourth-order valence-corrected chi connectivity index (χ4v) is 4.31. The minimum absolute atomic E-state index is 0.119. The molecule has 5 nitrogen and oxygen atoms in total. The molecule has 6 heteroatoms.